The molecule has 1 aliphatic rings. The van der Waals surface area contributed by atoms with Gasteiger partial charge in [-0.25, -0.2) is 15.2 Å². The normalized spacial score (nSPS) is 19.2. The molecule has 1 saturated heterocycles. The largest absolute Gasteiger partial charge is 0.339 e. The number of hydrogen-bond acceptors (Lipinski definition) is 4. The first-order valence-electron chi connectivity index (χ1n) is 7.57. The zero-order valence-electron chi connectivity index (χ0n) is 12.4. The predicted molar refractivity (Wildman–Crippen MR) is 80.2 cm³/mol. The Morgan fingerprint density at radius 2 is 2.33 bits per heavy atom. The molecule has 1 amide bonds. The molecule has 1 unspecified atom stereocenters. The van der Waals surface area contributed by atoms with Gasteiger partial charge in [-0.1, -0.05) is 19.8 Å². The summed E-state index contributed by atoms with van der Waals surface area (Å²) >= 11 is 0. The first-order valence-corrected chi connectivity index (χ1v) is 7.57. The number of aromatic nitrogens is 1. The van der Waals surface area contributed by atoms with Gasteiger partial charge in [-0.15, -0.1) is 0 Å². The van der Waals surface area contributed by atoms with Crippen molar-refractivity contribution < 1.29 is 9.18 Å². The number of hydrogen-bond donors (Lipinski definition) is 2. The van der Waals surface area contributed by atoms with E-state index < -0.39 is 5.82 Å². The molecule has 1 atom stereocenters. The summed E-state index contributed by atoms with van der Waals surface area (Å²) in [5.41, 5.74) is 2.21. The Bertz CT molecular complexity index is 495. The number of nitrogens with one attached hydrogen (secondary N) is 1. The first-order chi connectivity index (χ1) is 10.2. The molecule has 0 spiro atoms. The summed E-state index contributed by atoms with van der Waals surface area (Å²) in [7, 11) is 0. The quantitative estimate of drug-likeness (QED) is 0.661. The molecule has 0 bridgehead atoms. The smallest absolute Gasteiger partial charge is 0.257 e. The van der Waals surface area contributed by atoms with Gasteiger partial charge in [0, 0.05) is 19.3 Å². The van der Waals surface area contributed by atoms with Crippen LogP contribution >= 0.6 is 0 Å². The van der Waals surface area contributed by atoms with Crippen LogP contribution in [0.5, 0.6) is 0 Å². The van der Waals surface area contributed by atoms with E-state index in [1.165, 1.54) is 25.1 Å². The topological polar surface area (TPSA) is 71.2 Å². The van der Waals surface area contributed by atoms with Crippen molar-refractivity contribution >= 4 is 11.7 Å². The number of carbonyl (C=O) groups excluding carboxylic acids is 1. The van der Waals surface area contributed by atoms with Crippen molar-refractivity contribution in [3.63, 3.8) is 0 Å². The van der Waals surface area contributed by atoms with Crippen molar-refractivity contribution in [2.24, 2.45) is 11.8 Å². The van der Waals surface area contributed by atoms with Crippen LogP contribution in [0.3, 0.4) is 0 Å². The van der Waals surface area contributed by atoms with Crippen molar-refractivity contribution in [1.82, 2.24) is 9.88 Å². The van der Waals surface area contributed by atoms with Crippen LogP contribution in [-0.2, 0) is 0 Å². The lowest BCUT2D eigenvalue weighted by Gasteiger charge is -2.21. The lowest BCUT2D eigenvalue weighted by atomic mass is 9.96. The molecule has 1 aliphatic heterocycles. The van der Waals surface area contributed by atoms with Crippen LogP contribution in [0.15, 0.2) is 12.3 Å². The molecule has 2 rings (SSSR count). The number of carbonyl (C=O) groups is 1. The van der Waals surface area contributed by atoms with Gasteiger partial charge in [0.15, 0.2) is 11.6 Å². The van der Waals surface area contributed by atoms with Gasteiger partial charge in [-0.3, -0.25) is 4.79 Å². The van der Waals surface area contributed by atoms with Crippen molar-refractivity contribution in [3.8, 4) is 0 Å². The molecule has 116 valence electrons. The van der Waals surface area contributed by atoms with Crippen LogP contribution in [0.1, 0.15) is 49.4 Å². The van der Waals surface area contributed by atoms with Gasteiger partial charge in [0.05, 0.1) is 5.56 Å². The summed E-state index contributed by atoms with van der Waals surface area (Å²) in [5.74, 6) is 4.82. The van der Waals surface area contributed by atoms with Crippen molar-refractivity contribution in [2.75, 3.05) is 18.5 Å². The monoisotopic (exact) mass is 294 g/mol. The van der Waals surface area contributed by atoms with Gasteiger partial charge in [-0.05, 0) is 31.2 Å². The lowest BCUT2D eigenvalue weighted by molar-refractivity contribution is 0.0755. The van der Waals surface area contributed by atoms with Crippen LogP contribution in [0.4, 0.5) is 10.2 Å². The third-order valence-electron chi connectivity index (χ3n) is 4.09. The van der Waals surface area contributed by atoms with Gasteiger partial charge < -0.3 is 10.3 Å². The number of rotatable bonds is 4. The minimum absolute atomic E-state index is 0.0342. The molecular formula is C15H23FN4O. The number of nitrogen functional groups attached to an aromatic ring is 1. The SMILES string of the molecule is CCCC1CCCN(C(=O)c2ccnc(NN)c2F)CC1. The number of amides is 1. The Labute approximate surface area is 124 Å². The molecule has 1 aromatic heterocycles. The second kappa shape index (κ2) is 7.36. The molecule has 0 aliphatic carbocycles. The van der Waals surface area contributed by atoms with Gasteiger partial charge in [-0.2, -0.15) is 0 Å². The van der Waals surface area contributed by atoms with Gasteiger partial charge in [0.1, 0.15) is 0 Å². The van der Waals surface area contributed by atoms with E-state index in [4.69, 9.17) is 5.84 Å². The van der Waals surface area contributed by atoms with E-state index in [0.717, 1.165) is 19.3 Å². The number of halogens is 1. The molecule has 3 N–H and O–H groups in total. The molecule has 6 heteroatoms. The highest BCUT2D eigenvalue weighted by atomic mass is 19.1. The zero-order chi connectivity index (χ0) is 15.2. The Kier molecular flexibility index (Phi) is 5.50. The Morgan fingerprint density at radius 1 is 1.52 bits per heavy atom. The van der Waals surface area contributed by atoms with E-state index in [0.29, 0.717) is 19.0 Å². The summed E-state index contributed by atoms with van der Waals surface area (Å²) in [5, 5.41) is 0. The highest BCUT2D eigenvalue weighted by molar-refractivity contribution is 5.95. The Balaban J connectivity index is 2.10. The average Bonchev–Trinajstić information content (AvgIpc) is 2.73. The van der Waals surface area contributed by atoms with Crippen LogP contribution < -0.4 is 11.3 Å². The second-order valence-electron chi connectivity index (χ2n) is 5.54. The number of hydrazine groups is 1. The van der Waals surface area contributed by atoms with Crippen molar-refractivity contribution in [1.29, 1.82) is 0 Å². The van der Waals surface area contributed by atoms with E-state index in [9.17, 15) is 9.18 Å². The number of pyridine rings is 1. The molecule has 2 heterocycles. The molecule has 0 aromatic carbocycles. The van der Waals surface area contributed by atoms with Gasteiger partial charge in [0.2, 0.25) is 0 Å². The number of likely N-dealkylation sites (tertiary alicyclic amines) is 1. The molecular weight excluding hydrogens is 271 g/mol. The van der Waals surface area contributed by atoms with E-state index >= 15 is 0 Å². The molecule has 0 saturated carbocycles. The zero-order valence-corrected chi connectivity index (χ0v) is 12.4. The van der Waals surface area contributed by atoms with Gasteiger partial charge in [0.25, 0.3) is 5.91 Å². The number of nitrogens with two attached hydrogens (primary N) is 1. The highest BCUT2D eigenvalue weighted by Crippen LogP contribution is 2.24. The minimum Gasteiger partial charge on any atom is -0.339 e. The van der Waals surface area contributed by atoms with Crippen LogP contribution in [-0.4, -0.2) is 28.9 Å². The van der Waals surface area contributed by atoms with E-state index in [1.807, 2.05) is 0 Å². The Hall–Kier alpha value is -1.69. The third-order valence-corrected chi connectivity index (χ3v) is 4.09. The van der Waals surface area contributed by atoms with Crippen molar-refractivity contribution in [3.05, 3.63) is 23.6 Å². The molecule has 21 heavy (non-hydrogen) atoms. The maximum atomic E-state index is 14.1. The van der Waals surface area contributed by atoms with Crippen LogP contribution in [0.25, 0.3) is 0 Å². The lowest BCUT2D eigenvalue weighted by Crippen LogP contribution is -2.33. The summed E-state index contributed by atoms with van der Waals surface area (Å²) in [6.07, 6.45) is 6.88. The molecule has 5 nitrogen and oxygen atoms in total. The summed E-state index contributed by atoms with van der Waals surface area (Å²) in [6, 6.07) is 1.41. The molecule has 1 fully saturated rings. The van der Waals surface area contributed by atoms with E-state index in [1.54, 1.807) is 4.90 Å². The predicted octanol–water partition coefficient (Wildman–Crippen LogP) is 2.55. The second-order valence-corrected chi connectivity index (χ2v) is 5.54. The standard InChI is InChI=1S/C15H23FN4O/c1-2-4-11-5-3-9-20(10-7-11)15(21)12-6-8-18-14(19-17)13(12)16/h6,8,11H,2-5,7,9-10,17H2,1H3,(H,18,19). The van der Waals surface area contributed by atoms with E-state index in [2.05, 4.69) is 17.3 Å². The minimum atomic E-state index is -0.681. The number of nitrogens with zero attached hydrogens (tertiary/aromatic N) is 2. The molecule has 1 aromatic rings. The first kappa shape index (κ1) is 15.7. The highest BCUT2D eigenvalue weighted by Gasteiger charge is 2.24. The van der Waals surface area contributed by atoms with E-state index in [-0.39, 0.29) is 17.3 Å². The van der Waals surface area contributed by atoms with Crippen LogP contribution in [0, 0.1) is 11.7 Å². The maximum absolute atomic E-state index is 14.1. The third kappa shape index (κ3) is 3.69. The molecule has 0 radical (unpaired) electrons. The number of anilines is 1. The summed E-state index contributed by atoms with van der Waals surface area (Å²) < 4.78 is 14.1. The Morgan fingerprint density at radius 3 is 3.05 bits per heavy atom. The van der Waals surface area contributed by atoms with Crippen LogP contribution in [0.2, 0.25) is 0 Å². The summed E-state index contributed by atoms with van der Waals surface area (Å²) in [6.45, 7) is 3.56. The average molecular weight is 294 g/mol. The fraction of sp³-hybridized carbons (Fsp3) is 0.600. The van der Waals surface area contributed by atoms with Crippen molar-refractivity contribution in [2.45, 2.75) is 39.0 Å². The fourth-order valence-electron chi connectivity index (χ4n) is 2.95. The summed E-state index contributed by atoms with van der Waals surface area (Å²) in [4.78, 5) is 18.0. The fourth-order valence-corrected chi connectivity index (χ4v) is 2.95. The maximum Gasteiger partial charge on any atom is 0.257 e. The van der Waals surface area contributed by atoms with Gasteiger partial charge >= 0.3 is 0 Å².